The van der Waals surface area contributed by atoms with E-state index >= 15 is 0 Å². The molecule has 10 nitrogen and oxygen atoms in total. The van der Waals surface area contributed by atoms with Crippen LogP contribution in [-0.2, 0) is 35.1 Å². The Balaban J connectivity index is 1.52. The van der Waals surface area contributed by atoms with Crippen molar-refractivity contribution in [2.45, 2.75) is 95.5 Å². The fraction of sp³-hybridized carbons (Fsp3) is 0.621. The zero-order valence-corrected chi connectivity index (χ0v) is 22.8. The SMILES string of the molecule is CC(C)[C@@H]1NC(=O)[C@@H](Cc2ccccc2)NC(=O)[C@H](CCCCCC(=O)C2CO2)NC(=O)[C@H]2CCCN2C1=O. The molecule has 212 valence electrons. The van der Waals surface area contributed by atoms with Crippen molar-refractivity contribution < 1.29 is 28.7 Å². The molecule has 0 aliphatic carbocycles. The zero-order chi connectivity index (χ0) is 27.9. The van der Waals surface area contributed by atoms with Gasteiger partial charge >= 0.3 is 0 Å². The Labute approximate surface area is 229 Å². The lowest BCUT2D eigenvalue weighted by Crippen LogP contribution is -2.62. The molecule has 0 radical (unpaired) electrons. The molecule has 3 fully saturated rings. The van der Waals surface area contributed by atoms with Crippen LogP contribution < -0.4 is 16.0 Å². The normalized spacial score (nSPS) is 27.7. The number of ether oxygens (including phenoxy) is 1. The number of fused-ring (bicyclic) bond motifs is 1. The Morgan fingerprint density at radius 3 is 2.33 bits per heavy atom. The average Bonchev–Trinajstić information content (AvgIpc) is 3.65. The molecule has 4 rings (SSSR count). The Morgan fingerprint density at radius 2 is 1.64 bits per heavy atom. The number of amides is 4. The van der Waals surface area contributed by atoms with Gasteiger partial charge in [-0.2, -0.15) is 0 Å². The first-order valence-corrected chi connectivity index (χ1v) is 14.1. The van der Waals surface area contributed by atoms with Crippen LogP contribution in [0.2, 0.25) is 0 Å². The summed E-state index contributed by atoms with van der Waals surface area (Å²) in [5, 5.41) is 8.63. The molecule has 3 aliphatic heterocycles. The van der Waals surface area contributed by atoms with Crippen LogP contribution in [0.15, 0.2) is 30.3 Å². The molecule has 3 N–H and O–H groups in total. The van der Waals surface area contributed by atoms with Crippen LogP contribution in [-0.4, -0.2) is 77.7 Å². The third-order valence-electron chi connectivity index (χ3n) is 7.73. The van der Waals surface area contributed by atoms with E-state index in [2.05, 4.69) is 16.0 Å². The summed E-state index contributed by atoms with van der Waals surface area (Å²) in [4.78, 5) is 67.3. The third-order valence-corrected chi connectivity index (χ3v) is 7.73. The van der Waals surface area contributed by atoms with Crippen molar-refractivity contribution in [3.05, 3.63) is 35.9 Å². The predicted molar refractivity (Wildman–Crippen MR) is 143 cm³/mol. The largest absolute Gasteiger partial charge is 0.365 e. The summed E-state index contributed by atoms with van der Waals surface area (Å²) in [6.45, 7) is 4.64. The van der Waals surface area contributed by atoms with E-state index < -0.39 is 36.0 Å². The van der Waals surface area contributed by atoms with Crippen molar-refractivity contribution in [2.24, 2.45) is 5.92 Å². The number of nitrogens with one attached hydrogen (secondary N) is 3. The van der Waals surface area contributed by atoms with Crippen molar-refractivity contribution in [2.75, 3.05) is 13.2 Å². The average molecular weight is 541 g/mol. The molecule has 4 amide bonds. The number of hydrogen-bond acceptors (Lipinski definition) is 6. The van der Waals surface area contributed by atoms with Crippen LogP contribution in [0.3, 0.4) is 0 Å². The quantitative estimate of drug-likeness (QED) is 0.302. The number of nitrogens with zero attached hydrogens (tertiary/aromatic N) is 1. The molecule has 10 heteroatoms. The van der Waals surface area contributed by atoms with Crippen molar-refractivity contribution in [1.82, 2.24) is 20.9 Å². The van der Waals surface area contributed by atoms with Crippen molar-refractivity contribution in [3.63, 3.8) is 0 Å². The number of hydrogen-bond donors (Lipinski definition) is 3. The van der Waals surface area contributed by atoms with Gasteiger partial charge in [-0.3, -0.25) is 24.0 Å². The van der Waals surface area contributed by atoms with Crippen LogP contribution in [0, 0.1) is 5.92 Å². The van der Waals surface area contributed by atoms with E-state index in [9.17, 15) is 24.0 Å². The first-order chi connectivity index (χ1) is 18.7. The van der Waals surface area contributed by atoms with E-state index in [0.29, 0.717) is 51.7 Å². The van der Waals surface area contributed by atoms with Crippen molar-refractivity contribution >= 4 is 29.4 Å². The van der Waals surface area contributed by atoms with Gasteiger partial charge < -0.3 is 25.6 Å². The summed E-state index contributed by atoms with van der Waals surface area (Å²) in [6.07, 6.45) is 4.00. The van der Waals surface area contributed by atoms with Gasteiger partial charge in [-0.15, -0.1) is 0 Å². The van der Waals surface area contributed by atoms with Gasteiger partial charge in [-0.1, -0.05) is 57.0 Å². The van der Waals surface area contributed by atoms with Crippen molar-refractivity contribution in [3.8, 4) is 0 Å². The van der Waals surface area contributed by atoms with Gasteiger partial charge in [-0.25, -0.2) is 0 Å². The maximum absolute atomic E-state index is 13.5. The maximum Gasteiger partial charge on any atom is 0.246 e. The highest BCUT2D eigenvalue weighted by Gasteiger charge is 2.41. The molecule has 0 bridgehead atoms. The summed E-state index contributed by atoms with van der Waals surface area (Å²) in [6, 6.07) is 6.10. The van der Waals surface area contributed by atoms with Gasteiger partial charge in [0.05, 0.1) is 6.61 Å². The molecular formula is C29H40N4O6. The minimum Gasteiger partial charge on any atom is -0.365 e. The number of carbonyl (C=O) groups excluding carboxylic acids is 5. The first-order valence-electron chi connectivity index (χ1n) is 14.1. The second kappa shape index (κ2) is 13.2. The Hall–Kier alpha value is -3.27. The third kappa shape index (κ3) is 7.65. The molecule has 3 aliphatic rings. The van der Waals surface area contributed by atoms with E-state index in [0.717, 1.165) is 12.0 Å². The van der Waals surface area contributed by atoms with Crippen LogP contribution in [0.25, 0.3) is 0 Å². The highest BCUT2D eigenvalue weighted by Crippen LogP contribution is 2.22. The summed E-state index contributed by atoms with van der Waals surface area (Å²) in [7, 11) is 0. The molecule has 3 heterocycles. The number of rotatable bonds is 10. The molecule has 3 saturated heterocycles. The van der Waals surface area contributed by atoms with Gasteiger partial charge in [0.15, 0.2) is 5.78 Å². The zero-order valence-electron chi connectivity index (χ0n) is 22.8. The first kappa shape index (κ1) is 28.7. The maximum atomic E-state index is 13.5. The Bertz CT molecular complexity index is 1060. The summed E-state index contributed by atoms with van der Waals surface area (Å²) >= 11 is 0. The lowest BCUT2D eigenvalue weighted by atomic mass is 9.98. The smallest absolute Gasteiger partial charge is 0.246 e. The molecule has 1 aromatic carbocycles. The molecule has 0 aromatic heterocycles. The van der Waals surface area contributed by atoms with Gasteiger partial charge in [0, 0.05) is 19.4 Å². The molecule has 5 atom stereocenters. The lowest BCUT2D eigenvalue weighted by molar-refractivity contribution is -0.144. The van der Waals surface area contributed by atoms with Crippen molar-refractivity contribution in [1.29, 1.82) is 0 Å². The monoisotopic (exact) mass is 540 g/mol. The van der Waals surface area contributed by atoms with E-state index in [4.69, 9.17) is 4.74 Å². The Morgan fingerprint density at radius 1 is 0.949 bits per heavy atom. The number of ketones is 1. The standard InChI is InChI=1S/C29H40N4O6/c1-18(2)25-29(38)33-15-9-13-22(33)28(37)30-20(12-7-4-8-14-23(34)24-17-39-24)26(35)31-21(27(36)32-25)16-19-10-5-3-6-11-19/h3,5-6,10-11,18,20-22,24-25H,4,7-9,12-17H2,1-2H3,(H,30,37)(H,31,35)(H,32,36)/t20-,21+,22+,24?,25-/m0/s1. The van der Waals surface area contributed by atoms with E-state index in [-0.39, 0.29) is 36.0 Å². The molecule has 0 saturated carbocycles. The van der Waals surface area contributed by atoms with E-state index in [1.807, 2.05) is 44.2 Å². The Kier molecular flexibility index (Phi) is 9.72. The van der Waals surface area contributed by atoms with Gasteiger partial charge in [0.2, 0.25) is 23.6 Å². The predicted octanol–water partition coefficient (Wildman–Crippen LogP) is 1.26. The molecule has 0 spiro atoms. The number of Topliss-reactive ketones (excluding diaryl/α,β-unsaturated/α-hetero) is 1. The second-order valence-electron chi connectivity index (χ2n) is 11.1. The molecular weight excluding hydrogens is 500 g/mol. The topological polar surface area (TPSA) is 137 Å². The molecule has 1 unspecified atom stereocenters. The number of benzene rings is 1. The van der Waals surface area contributed by atoms with E-state index in [1.54, 1.807) is 4.90 Å². The lowest BCUT2D eigenvalue weighted by Gasteiger charge is -2.33. The molecule has 1 aromatic rings. The fourth-order valence-corrected chi connectivity index (χ4v) is 5.34. The van der Waals surface area contributed by atoms with Crippen LogP contribution in [0.4, 0.5) is 0 Å². The summed E-state index contributed by atoms with van der Waals surface area (Å²) in [5.74, 6) is -1.58. The summed E-state index contributed by atoms with van der Waals surface area (Å²) in [5.41, 5.74) is 0.863. The highest BCUT2D eigenvalue weighted by atomic mass is 16.6. The van der Waals surface area contributed by atoms with Gasteiger partial charge in [0.1, 0.15) is 30.3 Å². The number of epoxide rings is 1. The fourth-order valence-electron chi connectivity index (χ4n) is 5.34. The summed E-state index contributed by atoms with van der Waals surface area (Å²) < 4.78 is 5.03. The minimum atomic E-state index is -0.918. The number of carbonyl (C=O) groups is 5. The van der Waals surface area contributed by atoms with Crippen LogP contribution in [0.5, 0.6) is 0 Å². The molecule has 39 heavy (non-hydrogen) atoms. The van der Waals surface area contributed by atoms with Crippen LogP contribution in [0.1, 0.15) is 64.4 Å². The van der Waals surface area contributed by atoms with E-state index in [1.165, 1.54) is 0 Å². The minimum absolute atomic E-state index is 0.104. The number of unbranched alkanes of at least 4 members (excludes halogenated alkanes) is 2. The van der Waals surface area contributed by atoms with Gasteiger partial charge in [0.25, 0.3) is 0 Å². The van der Waals surface area contributed by atoms with Crippen LogP contribution >= 0.6 is 0 Å². The second-order valence-corrected chi connectivity index (χ2v) is 11.1. The highest BCUT2D eigenvalue weighted by molar-refractivity contribution is 5.98. The van der Waals surface area contributed by atoms with Gasteiger partial charge in [-0.05, 0) is 37.2 Å².